The van der Waals surface area contributed by atoms with E-state index in [0.29, 0.717) is 10.7 Å². The quantitative estimate of drug-likeness (QED) is 0.749. The summed E-state index contributed by atoms with van der Waals surface area (Å²) in [5, 5.41) is 3.35. The molecule has 0 radical (unpaired) electrons. The lowest BCUT2D eigenvalue weighted by atomic mass is 10.1. The van der Waals surface area contributed by atoms with Crippen molar-refractivity contribution in [2.75, 3.05) is 5.32 Å². The molecule has 0 saturated carbocycles. The Kier molecular flexibility index (Phi) is 3.86. The first kappa shape index (κ1) is 14.6. The van der Waals surface area contributed by atoms with Gasteiger partial charge in [0, 0.05) is 11.5 Å². The molecular weight excluding hydrogens is 298 g/mol. The number of aromatic amines is 1. The topological polar surface area (TPSA) is 57.8 Å². The van der Waals surface area contributed by atoms with E-state index in [-0.39, 0.29) is 11.8 Å². The molecule has 4 nitrogen and oxygen atoms in total. The Hall–Kier alpha value is -2.33. The molecule has 0 saturated heterocycles. The molecule has 0 aliphatic heterocycles. The van der Waals surface area contributed by atoms with Gasteiger partial charge >= 0.3 is 0 Å². The van der Waals surface area contributed by atoms with Gasteiger partial charge in [0.1, 0.15) is 5.82 Å². The fourth-order valence-corrected chi connectivity index (χ4v) is 2.30. The molecule has 0 spiro atoms. The third kappa shape index (κ3) is 2.83. The van der Waals surface area contributed by atoms with Crippen LogP contribution in [-0.4, -0.2) is 15.9 Å². The number of halogens is 1. The molecule has 1 aromatic heterocycles. The molecular formula is C17H16ClN3O. The fourth-order valence-electron chi connectivity index (χ4n) is 2.13. The standard InChI is InChI=1S/C17H16ClN3O/c1-10(2)17(22)21-15-9-11(7-8-12(15)18)16-19-13-5-3-4-6-14(13)20-16/h3-10H,1-2H3,(H,19,20)(H,21,22). The van der Waals surface area contributed by atoms with E-state index in [1.807, 2.05) is 50.2 Å². The minimum atomic E-state index is -0.106. The third-order valence-electron chi connectivity index (χ3n) is 3.41. The zero-order chi connectivity index (χ0) is 15.7. The molecule has 0 bridgehead atoms. The van der Waals surface area contributed by atoms with Gasteiger partial charge in [0.2, 0.25) is 5.91 Å². The molecule has 3 rings (SSSR count). The first-order chi connectivity index (χ1) is 10.5. The van der Waals surface area contributed by atoms with Crippen molar-refractivity contribution < 1.29 is 4.79 Å². The summed E-state index contributed by atoms with van der Waals surface area (Å²) in [7, 11) is 0. The molecule has 5 heteroatoms. The second kappa shape index (κ2) is 5.81. The molecule has 2 N–H and O–H groups in total. The molecule has 1 amide bonds. The highest BCUT2D eigenvalue weighted by Gasteiger charge is 2.12. The molecule has 0 aliphatic carbocycles. The number of aromatic nitrogens is 2. The summed E-state index contributed by atoms with van der Waals surface area (Å²) >= 11 is 6.17. The number of hydrogen-bond acceptors (Lipinski definition) is 2. The monoisotopic (exact) mass is 313 g/mol. The molecule has 0 fully saturated rings. The van der Waals surface area contributed by atoms with Crippen molar-refractivity contribution >= 4 is 34.2 Å². The van der Waals surface area contributed by atoms with E-state index in [4.69, 9.17) is 11.6 Å². The first-order valence-electron chi connectivity index (χ1n) is 7.10. The number of anilines is 1. The van der Waals surface area contributed by atoms with Gasteiger partial charge in [-0.2, -0.15) is 0 Å². The van der Waals surface area contributed by atoms with Crippen molar-refractivity contribution in [2.24, 2.45) is 5.92 Å². The predicted molar refractivity (Wildman–Crippen MR) is 90.0 cm³/mol. The molecule has 0 aliphatic rings. The second-order valence-corrected chi connectivity index (χ2v) is 5.85. The van der Waals surface area contributed by atoms with E-state index >= 15 is 0 Å². The lowest BCUT2D eigenvalue weighted by molar-refractivity contribution is -0.118. The van der Waals surface area contributed by atoms with Crippen molar-refractivity contribution in [3.8, 4) is 11.4 Å². The van der Waals surface area contributed by atoms with E-state index in [9.17, 15) is 4.79 Å². The van der Waals surface area contributed by atoms with Gasteiger partial charge in [-0.05, 0) is 30.3 Å². The highest BCUT2D eigenvalue weighted by Crippen LogP contribution is 2.29. The molecule has 112 valence electrons. The number of fused-ring (bicyclic) bond motifs is 1. The number of amides is 1. The second-order valence-electron chi connectivity index (χ2n) is 5.44. The first-order valence-corrected chi connectivity index (χ1v) is 7.48. The Balaban J connectivity index is 1.99. The number of hydrogen-bond donors (Lipinski definition) is 2. The summed E-state index contributed by atoms with van der Waals surface area (Å²) in [6.07, 6.45) is 0. The lowest BCUT2D eigenvalue weighted by Gasteiger charge is -2.10. The van der Waals surface area contributed by atoms with Crippen molar-refractivity contribution in [2.45, 2.75) is 13.8 Å². The maximum absolute atomic E-state index is 11.9. The predicted octanol–water partition coefficient (Wildman–Crippen LogP) is 4.48. The number of carbonyl (C=O) groups excluding carboxylic acids is 1. The summed E-state index contributed by atoms with van der Waals surface area (Å²) in [5.74, 6) is 0.576. The van der Waals surface area contributed by atoms with Crippen LogP contribution in [-0.2, 0) is 4.79 Å². The number of rotatable bonds is 3. The number of benzene rings is 2. The van der Waals surface area contributed by atoms with E-state index in [0.717, 1.165) is 22.4 Å². The zero-order valence-electron chi connectivity index (χ0n) is 12.4. The number of imidazole rings is 1. The van der Waals surface area contributed by atoms with Gasteiger partial charge < -0.3 is 10.3 Å². The Morgan fingerprint density at radius 2 is 2.00 bits per heavy atom. The molecule has 3 aromatic rings. The lowest BCUT2D eigenvalue weighted by Crippen LogP contribution is -2.17. The smallest absolute Gasteiger partial charge is 0.226 e. The minimum absolute atomic E-state index is 0.0661. The SMILES string of the molecule is CC(C)C(=O)Nc1cc(-c2nc3ccccc3[nH]2)ccc1Cl. The summed E-state index contributed by atoms with van der Waals surface area (Å²) in [4.78, 5) is 19.7. The van der Waals surface area contributed by atoms with E-state index < -0.39 is 0 Å². The van der Waals surface area contributed by atoms with Crippen molar-refractivity contribution in [1.29, 1.82) is 0 Å². The highest BCUT2D eigenvalue weighted by atomic mass is 35.5. The van der Waals surface area contributed by atoms with E-state index in [1.54, 1.807) is 6.07 Å². The van der Waals surface area contributed by atoms with E-state index in [1.165, 1.54) is 0 Å². The average molecular weight is 314 g/mol. The van der Waals surface area contributed by atoms with Gasteiger partial charge in [-0.15, -0.1) is 0 Å². The van der Waals surface area contributed by atoms with Crippen molar-refractivity contribution in [1.82, 2.24) is 9.97 Å². The van der Waals surface area contributed by atoms with Crippen LogP contribution in [0.4, 0.5) is 5.69 Å². The average Bonchev–Trinajstić information content (AvgIpc) is 2.93. The number of carbonyl (C=O) groups is 1. The van der Waals surface area contributed by atoms with Crippen LogP contribution >= 0.6 is 11.6 Å². The van der Waals surface area contributed by atoms with Gasteiger partial charge in [-0.1, -0.05) is 37.6 Å². The fraction of sp³-hybridized carbons (Fsp3) is 0.176. The minimum Gasteiger partial charge on any atom is -0.338 e. The zero-order valence-corrected chi connectivity index (χ0v) is 13.1. The Bertz CT molecular complexity index is 806. The van der Waals surface area contributed by atoms with Crippen LogP contribution in [0.5, 0.6) is 0 Å². The maximum Gasteiger partial charge on any atom is 0.226 e. The molecule has 1 heterocycles. The summed E-state index contributed by atoms with van der Waals surface area (Å²) in [6, 6.07) is 13.3. The number of nitrogens with one attached hydrogen (secondary N) is 2. The molecule has 0 unspecified atom stereocenters. The van der Waals surface area contributed by atoms with Gasteiger partial charge in [0.15, 0.2) is 0 Å². The van der Waals surface area contributed by atoms with E-state index in [2.05, 4.69) is 15.3 Å². The van der Waals surface area contributed by atoms with Gasteiger partial charge in [-0.3, -0.25) is 4.79 Å². The molecule has 2 aromatic carbocycles. The number of H-pyrrole nitrogens is 1. The molecule has 22 heavy (non-hydrogen) atoms. The van der Waals surface area contributed by atoms with Crippen LogP contribution in [0.2, 0.25) is 5.02 Å². The highest BCUT2D eigenvalue weighted by molar-refractivity contribution is 6.33. The Morgan fingerprint density at radius 3 is 2.73 bits per heavy atom. The summed E-state index contributed by atoms with van der Waals surface area (Å²) in [6.45, 7) is 3.68. The summed E-state index contributed by atoms with van der Waals surface area (Å²) < 4.78 is 0. The van der Waals surface area contributed by atoms with Crippen LogP contribution in [0.25, 0.3) is 22.4 Å². The Morgan fingerprint density at radius 1 is 1.23 bits per heavy atom. The van der Waals surface area contributed by atoms with Crippen LogP contribution in [0.15, 0.2) is 42.5 Å². The van der Waals surface area contributed by atoms with Crippen LogP contribution in [0.3, 0.4) is 0 Å². The molecule has 0 atom stereocenters. The van der Waals surface area contributed by atoms with Gasteiger partial charge in [0.05, 0.1) is 21.7 Å². The summed E-state index contributed by atoms with van der Waals surface area (Å²) in [5.41, 5.74) is 3.35. The largest absolute Gasteiger partial charge is 0.338 e. The van der Waals surface area contributed by atoms with Crippen LogP contribution < -0.4 is 5.32 Å². The third-order valence-corrected chi connectivity index (χ3v) is 3.74. The number of nitrogens with zero attached hydrogens (tertiary/aromatic N) is 1. The number of para-hydroxylation sites is 2. The maximum atomic E-state index is 11.9. The van der Waals surface area contributed by atoms with Crippen LogP contribution in [0, 0.1) is 5.92 Å². The van der Waals surface area contributed by atoms with Gasteiger partial charge in [-0.25, -0.2) is 4.98 Å². The Labute approximate surface area is 133 Å². The normalized spacial score (nSPS) is 11.1. The van der Waals surface area contributed by atoms with Crippen molar-refractivity contribution in [3.05, 3.63) is 47.5 Å². The van der Waals surface area contributed by atoms with Crippen LogP contribution in [0.1, 0.15) is 13.8 Å². The van der Waals surface area contributed by atoms with Crippen molar-refractivity contribution in [3.63, 3.8) is 0 Å². The van der Waals surface area contributed by atoms with Gasteiger partial charge in [0.25, 0.3) is 0 Å².